The molecule has 1 aromatic rings. The first-order valence-electron chi connectivity index (χ1n) is 7.09. The van der Waals surface area contributed by atoms with Crippen LogP contribution in [-0.2, 0) is 11.8 Å². The standard InChI is InChI=1S/C14H25N3O/c1-3-18-10-8-15-13-6-4-5-12(11-13)14-16-7-9-17(14)2/h7,9,12-13,15H,3-6,8,10-11H2,1-2H3. The minimum atomic E-state index is 0.614. The van der Waals surface area contributed by atoms with Gasteiger partial charge in [-0.05, 0) is 26.2 Å². The summed E-state index contributed by atoms with van der Waals surface area (Å²) in [5, 5.41) is 3.61. The summed E-state index contributed by atoms with van der Waals surface area (Å²) in [5.41, 5.74) is 0. The number of aryl methyl sites for hydroxylation is 1. The normalized spacial score (nSPS) is 24.3. The van der Waals surface area contributed by atoms with Gasteiger partial charge in [0.05, 0.1) is 6.61 Å². The van der Waals surface area contributed by atoms with E-state index < -0.39 is 0 Å². The molecule has 0 saturated heterocycles. The predicted molar refractivity (Wildman–Crippen MR) is 72.7 cm³/mol. The van der Waals surface area contributed by atoms with E-state index in [1.165, 1.54) is 31.5 Å². The maximum atomic E-state index is 5.36. The van der Waals surface area contributed by atoms with Gasteiger partial charge in [0, 0.05) is 44.6 Å². The van der Waals surface area contributed by atoms with Gasteiger partial charge in [0.2, 0.25) is 0 Å². The first-order valence-corrected chi connectivity index (χ1v) is 7.09. The molecule has 1 fully saturated rings. The number of hydrogen-bond acceptors (Lipinski definition) is 3. The largest absolute Gasteiger partial charge is 0.380 e. The molecule has 0 aliphatic heterocycles. The zero-order chi connectivity index (χ0) is 12.8. The molecule has 2 rings (SSSR count). The Kier molecular flexibility index (Phi) is 5.20. The van der Waals surface area contributed by atoms with Gasteiger partial charge in [0.1, 0.15) is 5.82 Å². The number of aromatic nitrogens is 2. The van der Waals surface area contributed by atoms with E-state index in [0.29, 0.717) is 12.0 Å². The van der Waals surface area contributed by atoms with Crippen molar-refractivity contribution >= 4 is 0 Å². The Hall–Kier alpha value is -0.870. The van der Waals surface area contributed by atoms with Gasteiger partial charge in [-0.3, -0.25) is 0 Å². The Morgan fingerprint density at radius 3 is 3.11 bits per heavy atom. The lowest BCUT2D eigenvalue weighted by Gasteiger charge is -2.29. The average molecular weight is 251 g/mol. The van der Waals surface area contributed by atoms with E-state index in [1.54, 1.807) is 0 Å². The molecule has 1 aliphatic rings. The van der Waals surface area contributed by atoms with Crippen molar-refractivity contribution in [3.63, 3.8) is 0 Å². The van der Waals surface area contributed by atoms with E-state index >= 15 is 0 Å². The maximum Gasteiger partial charge on any atom is 0.111 e. The number of nitrogens with one attached hydrogen (secondary N) is 1. The Balaban J connectivity index is 1.80. The molecule has 2 atom stereocenters. The minimum Gasteiger partial charge on any atom is -0.380 e. The van der Waals surface area contributed by atoms with Crippen LogP contribution in [-0.4, -0.2) is 35.4 Å². The molecule has 0 radical (unpaired) electrons. The van der Waals surface area contributed by atoms with Gasteiger partial charge in [-0.15, -0.1) is 0 Å². The van der Waals surface area contributed by atoms with Crippen LogP contribution in [0.25, 0.3) is 0 Å². The van der Waals surface area contributed by atoms with Gasteiger partial charge in [-0.2, -0.15) is 0 Å². The Morgan fingerprint density at radius 1 is 1.50 bits per heavy atom. The number of imidazole rings is 1. The van der Waals surface area contributed by atoms with Crippen LogP contribution in [0.3, 0.4) is 0 Å². The summed E-state index contributed by atoms with van der Waals surface area (Å²) in [4.78, 5) is 4.49. The third-order valence-electron chi connectivity index (χ3n) is 3.78. The number of hydrogen-bond donors (Lipinski definition) is 1. The smallest absolute Gasteiger partial charge is 0.111 e. The van der Waals surface area contributed by atoms with E-state index in [4.69, 9.17) is 4.74 Å². The van der Waals surface area contributed by atoms with Crippen LogP contribution in [0, 0.1) is 0 Å². The van der Waals surface area contributed by atoms with Crippen LogP contribution in [0.2, 0.25) is 0 Å². The number of rotatable bonds is 6. The summed E-state index contributed by atoms with van der Waals surface area (Å²) >= 11 is 0. The molecule has 0 aromatic carbocycles. The fourth-order valence-electron chi connectivity index (χ4n) is 2.86. The fourth-order valence-corrected chi connectivity index (χ4v) is 2.86. The number of nitrogens with zero attached hydrogens (tertiary/aromatic N) is 2. The second-order valence-corrected chi connectivity index (χ2v) is 5.11. The quantitative estimate of drug-likeness (QED) is 0.787. The Morgan fingerprint density at radius 2 is 2.39 bits per heavy atom. The van der Waals surface area contributed by atoms with Crippen LogP contribution in [0.1, 0.15) is 44.3 Å². The summed E-state index contributed by atoms with van der Waals surface area (Å²) in [6.07, 6.45) is 9.01. The molecule has 2 unspecified atom stereocenters. The molecule has 102 valence electrons. The van der Waals surface area contributed by atoms with Crippen molar-refractivity contribution in [3.8, 4) is 0 Å². The molecule has 18 heavy (non-hydrogen) atoms. The molecule has 0 amide bonds. The molecule has 4 nitrogen and oxygen atoms in total. The van der Waals surface area contributed by atoms with Crippen LogP contribution >= 0.6 is 0 Å². The summed E-state index contributed by atoms with van der Waals surface area (Å²) in [7, 11) is 2.09. The first-order chi connectivity index (χ1) is 8.81. The second-order valence-electron chi connectivity index (χ2n) is 5.11. The van der Waals surface area contributed by atoms with Gasteiger partial charge in [-0.25, -0.2) is 4.98 Å². The van der Waals surface area contributed by atoms with Crippen molar-refractivity contribution in [2.45, 2.75) is 44.6 Å². The van der Waals surface area contributed by atoms with E-state index in [1.807, 2.05) is 19.3 Å². The van der Waals surface area contributed by atoms with Crippen molar-refractivity contribution in [1.82, 2.24) is 14.9 Å². The highest BCUT2D eigenvalue weighted by molar-refractivity contribution is 5.02. The van der Waals surface area contributed by atoms with Crippen LogP contribution in [0.5, 0.6) is 0 Å². The monoisotopic (exact) mass is 251 g/mol. The average Bonchev–Trinajstić information content (AvgIpc) is 2.81. The van der Waals surface area contributed by atoms with Gasteiger partial charge in [-0.1, -0.05) is 6.42 Å². The Labute approximate surface area is 110 Å². The van der Waals surface area contributed by atoms with Crippen molar-refractivity contribution in [3.05, 3.63) is 18.2 Å². The topological polar surface area (TPSA) is 39.1 Å². The highest BCUT2D eigenvalue weighted by atomic mass is 16.5. The van der Waals surface area contributed by atoms with Crippen molar-refractivity contribution in [1.29, 1.82) is 0 Å². The zero-order valence-corrected chi connectivity index (χ0v) is 11.6. The van der Waals surface area contributed by atoms with Crippen LogP contribution in [0.4, 0.5) is 0 Å². The second kappa shape index (κ2) is 6.90. The lowest BCUT2D eigenvalue weighted by atomic mass is 9.85. The molecule has 0 bridgehead atoms. The van der Waals surface area contributed by atoms with Gasteiger partial charge >= 0.3 is 0 Å². The van der Waals surface area contributed by atoms with Gasteiger partial charge < -0.3 is 14.6 Å². The molecule has 1 saturated carbocycles. The van der Waals surface area contributed by atoms with E-state index in [-0.39, 0.29) is 0 Å². The molecule has 1 heterocycles. The van der Waals surface area contributed by atoms with Gasteiger partial charge in [0.25, 0.3) is 0 Å². The third kappa shape index (κ3) is 3.56. The third-order valence-corrected chi connectivity index (χ3v) is 3.78. The molecule has 1 N–H and O–H groups in total. The van der Waals surface area contributed by atoms with E-state index in [9.17, 15) is 0 Å². The number of ether oxygens (including phenoxy) is 1. The molecular formula is C14H25N3O. The van der Waals surface area contributed by atoms with Crippen molar-refractivity contribution in [2.24, 2.45) is 7.05 Å². The first kappa shape index (κ1) is 13.6. The highest BCUT2D eigenvalue weighted by Crippen LogP contribution is 2.31. The van der Waals surface area contributed by atoms with Crippen LogP contribution in [0.15, 0.2) is 12.4 Å². The molecule has 0 spiro atoms. The molecule has 4 heteroatoms. The SMILES string of the molecule is CCOCCNC1CCCC(c2nccn2C)C1. The molecule has 1 aliphatic carbocycles. The lowest BCUT2D eigenvalue weighted by Crippen LogP contribution is -2.36. The maximum absolute atomic E-state index is 5.36. The van der Waals surface area contributed by atoms with Gasteiger partial charge in [0.15, 0.2) is 0 Å². The summed E-state index contributed by atoms with van der Waals surface area (Å²) in [6, 6.07) is 0.626. The van der Waals surface area contributed by atoms with E-state index in [0.717, 1.165) is 19.8 Å². The minimum absolute atomic E-state index is 0.614. The van der Waals surface area contributed by atoms with Crippen molar-refractivity contribution < 1.29 is 4.74 Å². The summed E-state index contributed by atoms with van der Waals surface area (Å²) in [5.74, 6) is 1.86. The fraction of sp³-hybridized carbons (Fsp3) is 0.786. The Bertz CT molecular complexity index is 351. The molecule has 1 aromatic heterocycles. The van der Waals surface area contributed by atoms with E-state index in [2.05, 4.69) is 21.9 Å². The summed E-state index contributed by atoms with van der Waals surface area (Å²) < 4.78 is 7.52. The van der Waals surface area contributed by atoms with Crippen molar-refractivity contribution in [2.75, 3.05) is 19.8 Å². The zero-order valence-electron chi connectivity index (χ0n) is 11.6. The lowest BCUT2D eigenvalue weighted by molar-refractivity contribution is 0.144. The highest BCUT2D eigenvalue weighted by Gasteiger charge is 2.25. The summed E-state index contributed by atoms with van der Waals surface area (Å²) in [6.45, 7) is 4.63. The van der Waals surface area contributed by atoms with Crippen LogP contribution < -0.4 is 5.32 Å². The molecular weight excluding hydrogens is 226 g/mol. The predicted octanol–water partition coefficient (Wildman–Crippen LogP) is 2.07.